The standard InChI is InChI=1S/C15H24NO4P/c1-5-15(17)19-11-13(4)16-21(18,12(2)3)20-14-9-7-6-8-10-14/h6-10,12-13H,5,11H2,1-4H3,(H,16,18)/t13-,21?/m0/s1. The predicted molar refractivity (Wildman–Crippen MR) is 83.7 cm³/mol. The molecule has 0 amide bonds. The average molecular weight is 313 g/mol. The molecule has 5 nitrogen and oxygen atoms in total. The van der Waals surface area contributed by atoms with Crippen LogP contribution in [0.25, 0.3) is 0 Å². The van der Waals surface area contributed by atoms with Gasteiger partial charge in [-0.25, -0.2) is 5.09 Å². The average Bonchev–Trinajstić information content (AvgIpc) is 2.45. The minimum Gasteiger partial charge on any atom is -0.464 e. The minimum atomic E-state index is -3.08. The maximum Gasteiger partial charge on any atom is 0.319 e. The van der Waals surface area contributed by atoms with E-state index in [9.17, 15) is 9.36 Å². The van der Waals surface area contributed by atoms with E-state index in [0.717, 1.165) is 0 Å². The van der Waals surface area contributed by atoms with Gasteiger partial charge in [0.25, 0.3) is 0 Å². The van der Waals surface area contributed by atoms with Crippen LogP contribution in [0.4, 0.5) is 0 Å². The van der Waals surface area contributed by atoms with Crippen molar-refractivity contribution < 1.29 is 18.6 Å². The first kappa shape index (κ1) is 17.7. The highest BCUT2D eigenvalue weighted by atomic mass is 31.2. The molecule has 1 unspecified atom stereocenters. The van der Waals surface area contributed by atoms with E-state index < -0.39 is 7.52 Å². The summed E-state index contributed by atoms with van der Waals surface area (Å²) in [5, 5.41) is 2.98. The Bertz CT molecular complexity index is 490. The van der Waals surface area contributed by atoms with Crippen LogP contribution in [-0.2, 0) is 14.1 Å². The Morgan fingerprint density at radius 1 is 1.24 bits per heavy atom. The van der Waals surface area contributed by atoms with Gasteiger partial charge in [0, 0.05) is 12.5 Å². The summed E-state index contributed by atoms with van der Waals surface area (Å²) >= 11 is 0. The molecule has 0 spiro atoms. The van der Waals surface area contributed by atoms with Crippen LogP contribution in [0.2, 0.25) is 0 Å². The van der Waals surface area contributed by atoms with Crippen molar-refractivity contribution in [3.05, 3.63) is 30.3 Å². The Kier molecular flexibility index (Phi) is 6.93. The van der Waals surface area contributed by atoms with E-state index in [2.05, 4.69) is 5.09 Å². The summed E-state index contributed by atoms with van der Waals surface area (Å²) in [6.07, 6.45) is 0.328. The molecule has 0 heterocycles. The van der Waals surface area contributed by atoms with Crippen molar-refractivity contribution in [2.75, 3.05) is 6.61 Å². The van der Waals surface area contributed by atoms with Crippen molar-refractivity contribution >= 4 is 13.5 Å². The molecule has 0 aliphatic rings. The van der Waals surface area contributed by atoms with Crippen LogP contribution in [0.1, 0.15) is 34.1 Å². The summed E-state index contributed by atoms with van der Waals surface area (Å²) < 4.78 is 23.7. The first-order valence-electron chi connectivity index (χ1n) is 7.15. The Hall–Kier alpha value is -1.32. The van der Waals surface area contributed by atoms with Crippen LogP contribution < -0.4 is 9.61 Å². The van der Waals surface area contributed by atoms with Gasteiger partial charge < -0.3 is 9.26 Å². The topological polar surface area (TPSA) is 64.6 Å². The number of benzene rings is 1. The summed E-state index contributed by atoms with van der Waals surface area (Å²) in [5.74, 6) is 0.284. The number of carbonyl (C=O) groups excluding carboxylic acids is 1. The molecular formula is C15H24NO4P. The van der Waals surface area contributed by atoms with Crippen molar-refractivity contribution in [2.45, 2.75) is 45.8 Å². The number of esters is 1. The molecule has 21 heavy (non-hydrogen) atoms. The second-order valence-corrected chi connectivity index (χ2v) is 7.83. The van der Waals surface area contributed by atoms with Gasteiger partial charge in [0.2, 0.25) is 0 Å². The van der Waals surface area contributed by atoms with Crippen LogP contribution in [0.3, 0.4) is 0 Å². The molecule has 1 aromatic rings. The summed E-state index contributed by atoms with van der Waals surface area (Å²) in [6.45, 7) is 7.38. The third-order valence-electron chi connectivity index (χ3n) is 2.85. The van der Waals surface area contributed by atoms with E-state index in [1.54, 1.807) is 19.1 Å². The molecule has 1 rings (SSSR count). The Morgan fingerprint density at radius 3 is 2.38 bits per heavy atom. The van der Waals surface area contributed by atoms with E-state index in [4.69, 9.17) is 9.26 Å². The van der Waals surface area contributed by atoms with Crippen molar-refractivity contribution in [2.24, 2.45) is 0 Å². The molecule has 6 heteroatoms. The van der Waals surface area contributed by atoms with Crippen LogP contribution >= 0.6 is 7.52 Å². The fraction of sp³-hybridized carbons (Fsp3) is 0.533. The van der Waals surface area contributed by atoms with E-state index in [0.29, 0.717) is 12.2 Å². The third kappa shape index (κ3) is 5.90. The monoisotopic (exact) mass is 313 g/mol. The maximum absolute atomic E-state index is 12.9. The second kappa shape index (κ2) is 8.20. The number of hydrogen-bond donors (Lipinski definition) is 1. The van der Waals surface area contributed by atoms with Gasteiger partial charge in [-0.3, -0.25) is 9.36 Å². The Balaban J connectivity index is 2.68. The zero-order valence-corrected chi connectivity index (χ0v) is 13.9. The molecule has 0 bridgehead atoms. The zero-order valence-electron chi connectivity index (χ0n) is 13.0. The molecule has 0 saturated carbocycles. The molecule has 0 radical (unpaired) electrons. The lowest BCUT2D eigenvalue weighted by atomic mass is 10.3. The molecule has 2 atom stereocenters. The van der Waals surface area contributed by atoms with E-state index in [1.807, 2.05) is 39.0 Å². The smallest absolute Gasteiger partial charge is 0.319 e. The summed E-state index contributed by atoms with van der Waals surface area (Å²) in [7, 11) is -3.08. The van der Waals surface area contributed by atoms with Crippen LogP contribution in [0.15, 0.2) is 30.3 Å². The number of carbonyl (C=O) groups is 1. The summed E-state index contributed by atoms with van der Waals surface area (Å²) in [4.78, 5) is 11.2. The number of ether oxygens (including phenoxy) is 1. The number of hydrogen-bond acceptors (Lipinski definition) is 4. The van der Waals surface area contributed by atoms with Crippen LogP contribution in [-0.4, -0.2) is 24.3 Å². The molecule has 0 aliphatic heterocycles. The highest BCUT2D eigenvalue weighted by molar-refractivity contribution is 7.58. The molecule has 0 saturated heterocycles. The van der Waals surface area contributed by atoms with E-state index in [1.165, 1.54) is 0 Å². The quantitative estimate of drug-likeness (QED) is 0.587. The van der Waals surface area contributed by atoms with Crippen LogP contribution in [0.5, 0.6) is 5.75 Å². The maximum atomic E-state index is 12.9. The van der Waals surface area contributed by atoms with Gasteiger partial charge in [0.05, 0.1) is 5.66 Å². The zero-order chi connectivity index (χ0) is 15.9. The largest absolute Gasteiger partial charge is 0.464 e. The fourth-order valence-corrected chi connectivity index (χ4v) is 3.27. The molecular weight excluding hydrogens is 289 g/mol. The van der Waals surface area contributed by atoms with Crippen molar-refractivity contribution in [3.8, 4) is 5.75 Å². The lowest BCUT2D eigenvalue weighted by Crippen LogP contribution is -2.33. The number of para-hydroxylation sites is 1. The van der Waals surface area contributed by atoms with E-state index in [-0.39, 0.29) is 24.3 Å². The highest BCUT2D eigenvalue weighted by Crippen LogP contribution is 2.48. The normalized spacial score (nSPS) is 15.3. The molecule has 118 valence electrons. The molecule has 1 aromatic carbocycles. The highest BCUT2D eigenvalue weighted by Gasteiger charge is 2.31. The van der Waals surface area contributed by atoms with Crippen molar-refractivity contribution in [3.63, 3.8) is 0 Å². The lowest BCUT2D eigenvalue weighted by Gasteiger charge is -2.26. The molecule has 0 aliphatic carbocycles. The van der Waals surface area contributed by atoms with Gasteiger partial charge in [-0.2, -0.15) is 0 Å². The predicted octanol–water partition coefficient (Wildman–Crippen LogP) is 3.60. The first-order valence-corrected chi connectivity index (χ1v) is 8.84. The van der Waals surface area contributed by atoms with Crippen molar-refractivity contribution in [1.29, 1.82) is 0 Å². The fourth-order valence-electron chi connectivity index (χ4n) is 1.58. The Labute approximate surface area is 126 Å². The van der Waals surface area contributed by atoms with Gasteiger partial charge in [-0.05, 0) is 19.1 Å². The van der Waals surface area contributed by atoms with Gasteiger partial charge in [0.15, 0.2) is 0 Å². The third-order valence-corrected chi connectivity index (χ3v) is 5.49. The molecule has 0 aromatic heterocycles. The summed E-state index contributed by atoms with van der Waals surface area (Å²) in [6, 6.07) is 8.79. The molecule has 0 fully saturated rings. The Morgan fingerprint density at radius 2 is 1.86 bits per heavy atom. The summed E-state index contributed by atoms with van der Waals surface area (Å²) in [5.41, 5.74) is -0.193. The number of rotatable bonds is 8. The van der Waals surface area contributed by atoms with Gasteiger partial charge in [0.1, 0.15) is 12.4 Å². The molecule has 1 N–H and O–H groups in total. The van der Waals surface area contributed by atoms with Gasteiger partial charge in [-0.15, -0.1) is 0 Å². The SMILES string of the molecule is CCC(=O)OC[C@H](C)NP(=O)(Oc1ccccc1)C(C)C. The van der Waals surface area contributed by atoms with Gasteiger partial charge >= 0.3 is 13.5 Å². The van der Waals surface area contributed by atoms with Gasteiger partial charge in [-0.1, -0.05) is 39.0 Å². The van der Waals surface area contributed by atoms with Crippen molar-refractivity contribution in [1.82, 2.24) is 5.09 Å². The minimum absolute atomic E-state index is 0.168. The number of nitrogens with one attached hydrogen (secondary N) is 1. The van der Waals surface area contributed by atoms with E-state index >= 15 is 0 Å². The second-order valence-electron chi connectivity index (χ2n) is 5.16. The van der Waals surface area contributed by atoms with Crippen LogP contribution in [0, 0.1) is 0 Å². The first-order chi connectivity index (χ1) is 9.87. The lowest BCUT2D eigenvalue weighted by molar-refractivity contribution is -0.143.